The van der Waals surface area contributed by atoms with Crippen LogP contribution < -0.4 is 11.1 Å². The molecule has 0 aliphatic heterocycles. The van der Waals surface area contributed by atoms with E-state index in [1.165, 1.54) is 43.6 Å². The molecule has 0 aromatic heterocycles. The number of rotatable bonds is 11. The number of thioether (sulfide) groups is 1. The summed E-state index contributed by atoms with van der Waals surface area (Å²) in [5, 5.41) is 3.40. The Morgan fingerprint density at radius 2 is 2.00 bits per heavy atom. The molecule has 0 spiro atoms. The maximum atomic E-state index is 11.5. The highest BCUT2D eigenvalue weighted by Gasteiger charge is 2.36. The Hall–Kier alpha value is -0.220. The standard InChI is InChI=1S/C14H28N2OS/c1-3-4-10-18-11-6-5-9-14(2,13(15)17)16-12-7-8-12/h12,16H,3-11H2,1-2H3,(H2,15,17). The second-order valence-corrected chi connectivity index (χ2v) is 6.76. The van der Waals surface area contributed by atoms with Crippen molar-refractivity contribution in [1.82, 2.24) is 5.32 Å². The van der Waals surface area contributed by atoms with Gasteiger partial charge in [-0.25, -0.2) is 0 Å². The van der Waals surface area contributed by atoms with Crippen molar-refractivity contribution in [3.8, 4) is 0 Å². The molecule has 1 rings (SSSR count). The van der Waals surface area contributed by atoms with E-state index >= 15 is 0 Å². The van der Waals surface area contributed by atoms with Gasteiger partial charge in [-0.05, 0) is 50.5 Å². The van der Waals surface area contributed by atoms with Crippen LogP contribution in [-0.4, -0.2) is 29.0 Å². The second kappa shape index (κ2) is 8.05. The molecular weight excluding hydrogens is 244 g/mol. The molecule has 1 fully saturated rings. The van der Waals surface area contributed by atoms with E-state index in [1.807, 2.05) is 18.7 Å². The van der Waals surface area contributed by atoms with E-state index in [0.717, 1.165) is 12.8 Å². The predicted octanol–water partition coefficient (Wildman–Crippen LogP) is 2.69. The number of nitrogens with two attached hydrogens (primary N) is 1. The number of unbranched alkanes of at least 4 members (excludes halogenated alkanes) is 2. The summed E-state index contributed by atoms with van der Waals surface area (Å²) in [7, 11) is 0. The van der Waals surface area contributed by atoms with Gasteiger partial charge in [0.15, 0.2) is 0 Å². The Morgan fingerprint density at radius 3 is 2.56 bits per heavy atom. The van der Waals surface area contributed by atoms with Gasteiger partial charge in [0, 0.05) is 6.04 Å². The molecule has 4 heteroatoms. The summed E-state index contributed by atoms with van der Waals surface area (Å²) in [5.41, 5.74) is 5.03. The Labute approximate surface area is 116 Å². The summed E-state index contributed by atoms with van der Waals surface area (Å²) >= 11 is 2.03. The van der Waals surface area contributed by atoms with Crippen LogP contribution in [-0.2, 0) is 4.79 Å². The average Bonchev–Trinajstić information content (AvgIpc) is 3.11. The van der Waals surface area contributed by atoms with Crippen LogP contribution in [0.1, 0.15) is 58.8 Å². The van der Waals surface area contributed by atoms with Gasteiger partial charge in [0.2, 0.25) is 5.91 Å². The third-order valence-corrected chi connectivity index (χ3v) is 4.66. The van der Waals surface area contributed by atoms with Crippen molar-refractivity contribution in [2.45, 2.75) is 70.4 Å². The van der Waals surface area contributed by atoms with Crippen molar-refractivity contribution in [1.29, 1.82) is 0 Å². The fourth-order valence-electron chi connectivity index (χ4n) is 1.98. The molecule has 106 valence electrons. The zero-order valence-electron chi connectivity index (χ0n) is 11.8. The highest BCUT2D eigenvalue weighted by Crippen LogP contribution is 2.25. The maximum absolute atomic E-state index is 11.5. The van der Waals surface area contributed by atoms with Gasteiger partial charge in [-0.1, -0.05) is 19.8 Å². The predicted molar refractivity (Wildman–Crippen MR) is 79.8 cm³/mol. The Bertz CT molecular complexity index is 256. The normalized spacial score (nSPS) is 18.6. The molecule has 1 aliphatic rings. The zero-order chi connectivity index (χ0) is 13.4. The van der Waals surface area contributed by atoms with Crippen molar-refractivity contribution < 1.29 is 4.79 Å². The smallest absolute Gasteiger partial charge is 0.237 e. The first-order valence-corrected chi connectivity index (χ1v) is 8.39. The van der Waals surface area contributed by atoms with Crippen molar-refractivity contribution in [2.24, 2.45) is 5.73 Å². The first-order valence-electron chi connectivity index (χ1n) is 7.24. The van der Waals surface area contributed by atoms with E-state index in [-0.39, 0.29) is 5.91 Å². The molecule has 0 radical (unpaired) electrons. The van der Waals surface area contributed by atoms with Crippen molar-refractivity contribution in [2.75, 3.05) is 11.5 Å². The van der Waals surface area contributed by atoms with E-state index in [2.05, 4.69) is 12.2 Å². The third-order valence-electron chi connectivity index (χ3n) is 3.50. The zero-order valence-corrected chi connectivity index (χ0v) is 12.7. The van der Waals surface area contributed by atoms with E-state index < -0.39 is 5.54 Å². The van der Waals surface area contributed by atoms with Crippen LogP contribution in [0.3, 0.4) is 0 Å². The monoisotopic (exact) mass is 272 g/mol. The minimum Gasteiger partial charge on any atom is -0.368 e. The van der Waals surface area contributed by atoms with Crippen LogP contribution in [0.5, 0.6) is 0 Å². The number of carbonyl (C=O) groups excluding carboxylic acids is 1. The lowest BCUT2D eigenvalue weighted by Gasteiger charge is -2.27. The maximum Gasteiger partial charge on any atom is 0.237 e. The van der Waals surface area contributed by atoms with Gasteiger partial charge in [-0.3, -0.25) is 4.79 Å². The topological polar surface area (TPSA) is 55.1 Å². The summed E-state index contributed by atoms with van der Waals surface area (Å²) in [6, 6.07) is 0.529. The largest absolute Gasteiger partial charge is 0.368 e. The molecule has 0 aromatic rings. The van der Waals surface area contributed by atoms with Crippen LogP contribution in [0.15, 0.2) is 0 Å². The summed E-state index contributed by atoms with van der Waals surface area (Å²) in [6.07, 6.45) is 8.10. The molecule has 1 saturated carbocycles. The van der Waals surface area contributed by atoms with Crippen LogP contribution in [0.4, 0.5) is 0 Å². The molecule has 18 heavy (non-hydrogen) atoms. The molecule has 1 atom stereocenters. The molecule has 1 unspecified atom stereocenters. The molecule has 0 heterocycles. The van der Waals surface area contributed by atoms with Gasteiger partial charge in [0.05, 0.1) is 5.54 Å². The van der Waals surface area contributed by atoms with Crippen LogP contribution >= 0.6 is 11.8 Å². The molecule has 3 N–H and O–H groups in total. The number of primary amides is 1. The quantitative estimate of drug-likeness (QED) is 0.569. The summed E-state index contributed by atoms with van der Waals surface area (Å²) in [5.74, 6) is 2.27. The Balaban J connectivity index is 2.11. The van der Waals surface area contributed by atoms with Gasteiger partial charge in [0.25, 0.3) is 0 Å². The van der Waals surface area contributed by atoms with Gasteiger partial charge in [0.1, 0.15) is 0 Å². The lowest BCUT2D eigenvalue weighted by atomic mass is 9.94. The lowest BCUT2D eigenvalue weighted by molar-refractivity contribution is -0.124. The number of nitrogens with one attached hydrogen (secondary N) is 1. The van der Waals surface area contributed by atoms with Gasteiger partial charge < -0.3 is 11.1 Å². The second-order valence-electron chi connectivity index (χ2n) is 5.54. The number of hydrogen-bond acceptors (Lipinski definition) is 3. The van der Waals surface area contributed by atoms with E-state index in [4.69, 9.17) is 5.73 Å². The highest BCUT2D eigenvalue weighted by molar-refractivity contribution is 7.99. The van der Waals surface area contributed by atoms with Crippen molar-refractivity contribution in [3.05, 3.63) is 0 Å². The van der Waals surface area contributed by atoms with Crippen LogP contribution in [0.25, 0.3) is 0 Å². The van der Waals surface area contributed by atoms with Gasteiger partial charge in [-0.2, -0.15) is 11.8 Å². The van der Waals surface area contributed by atoms with E-state index in [9.17, 15) is 4.79 Å². The number of hydrogen-bond donors (Lipinski definition) is 2. The fraction of sp³-hybridized carbons (Fsp3) is 0.929. The molecule has 1 aliphatic carbocycles. The van der Waals surface area contributed by atoms with Crippen LogP contribution in [0.2, 0.25) is 0 Å². The highest BCUT2D eigenvalue weighted by atomic mass is 32.2. The Morgan fingerprint density at radius 1 is 1.33 bits per heavy atom. The third kappa shape index (κ3) is 6.10. The molecular formula is C14H28N2OS. The fourth-order valence-corrected chi connectivity index (χ4v) is 3.08. The minimum atomic E-state index is -0.491. The summed E-state index contributed by atoms with van der Waals surface area (Å²) in [6.45, 7) is 4.18. The van der Waals surface area contributed by atoms with Gasteiger partial charge >= 0.3 is 0 Å². The van der Waals surface area contributed by atoms with Gasteiger partial charge in [-0.15, -0.1) is 0 Å². The molecule has 0 bridgehead atoms. The minimum absolute atomic E-state index is 0.201. The van der Waals surface area contributed by atoms with Crippen molar-refractivity contribution in [3.63, 3.8) is 0 Å². The SMILES string of the molecule is CCCCSCCCCC(C)(NC1CC1)C(N)=O. The summed E-state index contributed by atoms with van der Waals surface area (Å²) in [4.78, 5) is 11.5. The molecule has 3 nitrogen and oxygen atoms in total. The first-order chi connectivity index (χ1) is 8.58. The average molecular weight is 272 g/mol. The number of carbonyl (C=O) groups is 1. The molecule has 1 amide bonds. The van der Waals surface area contributed by atoms with Crippen molar-refractivity contribution >= 4 is 17.7 Å². The Kier molecular flexibility index (Phi) is 7.08. The van der Waals surface area contributed by atoms with E-state index in [0.29, 0.717) is 6.04 Å². The molecule has 0 aromatic carbocycles. The summed E-state index contributed by atoms with van der Waals surface area (Å²) < 4.78 is 0. The number of amides is 1. The lowest BCUT2D eigenvalue weighted by Crippen LogP contribution is -2.53. The first kappa shape index (κ1) is 15.8. The van der Waals surface area contributed by atoms with Crippen LogP contribution in [0, 0.1) is 0 Å². The molecule has 0 saturated heterocycles. The van der Waals surface area contributed by atoms with E-state index in [1.54, 1.807) is 0 Å².